The lowest BCUT2D eigenvalue weighted by Gasteiger charge is -2.38. The number of fused-ring (bicyclic) bond motifs is 3. The molecule has 5 heteroatoms. The molecule has 3 atom stereocenters. The minimum absolute atomic E-state index is 0.0696. The molecule has 0 aliphatic carbocycles. The fourth-order valence-electron chi connectivity index (χ4n) is 4.33. The van der Waals surface area contributed by atoms with Gasteiger partial charge in [0.05, 0.1) is 12.7 Å². The van der Waals surface area contributed by atoms with Crippen LogP contribution in [0.25, 0.3) is 0 Å². The van der Waals surface area contributed by atoms with Crippen molar-refractivity contribution in [3.63, 3.8) is 0 Å². The molecule has 0 saturated carbocycles. The van der Waals surface area contributed by atoms with E-state index < -0.39 is 6.10 Å². The number of hydrogen-bond acceptors (Lipinski definition) is 5. The highest BCUT2D eigenvalue weighted by Gasteiger charge is 2.41. The number of benzene rings is 1. The molecule has 25 heavy (non-hydrogen) atoms. The smallest absolute Gasteiger partial charge is 0.0966 e. The van der Waals surface area contributed by atoms with Crippen LogP contribution < -0.4 is 4.90 Å². The summed E-state index contributed by atoms with van der Waals surface area (Å²) in [5.74, 6) is 0.435. The van der Waals surface area contributed by atoms with Crippen LogP contribution in [0, 0.1) is 0 Å². The van der Waals surface area contributed by atoms with Crippen LogP contribution in [0.4, 0.5) is 5.69 Å². The molecule has 132 valence electrons. The largest absolute Gasteiger partial charge is 0.392 e. The van der Waals surface area contributed by atoms with Gasteiger partial charge in [0.25, 0.3) is 0 Å². The molecule has 1 fully saturated rings. The Hall–Kier alpha value is -1.95. The second-order valence-electron chi connectivity index (χ2n) is 7.22. The van der Waals surface area contributed by atoms with Crippen LogP contribution >= 0.6 is 0 Å². The first-order valence-electron chi connectivity index (χ1n) is 8.94. The lowest BCUT2D eigenvalue weighted by atomic mass is 9.88. The van der Waals surface area contributed by atoms with Crippen molar-refractivity contribution in [3.8, 4) is 0 Å². The van der Waals surface area contributed by atoms with Gasteiger partial charge in [-0.15, -0.1) is 0 Å². The average molecular weight is 339 g/mol. The molecule has 0 bridgehead atoms. The number of hydrogen-bond donors (Lipinski definition) is 2. The summed E-state index contributed by atoms with van der Waals surface area (Å²) < 4.78 is 0. The third kappa shape index (κ3) is 3.03. The number of likely N-dealkylation sites (tertiary alicyclic amines) is 1. The first-order valence-corrected chi connectivity index (χ1v) is 8.94. The van der Waals surface area contributed by atoms with Crippen molar-refractivity contribution in [1.29, 1.82) is 0 Å². The Balaban J connectivity index is 1.65. The summed E-state index contributed by atoms with van der Waals surface area (Å²) in [5.41, 5.74) is 4.38. The van der Waals surface area contributed by atoms with Gasteiger partial charge in [0.2, 0.25) is 0 Å². The number of nitrogens with zero attached hydrogens (tertiary/aromatic N) is 3. The maximum absolute atomic E-state index is 10.7. The van der Waals surface area contributed by atoms with E-state index in [1.165, 1.54) is 11.3 Å². The molecule has 2 N–H and O–H groups in total. The molecular formula is C20H25N3O2. The van der Waals surface area contributed by atoms with Crippen LogP contribution in [0.2, 0.25) is 0 Å². The van der Waals surface area contributed by atoms with E-state index in [0.717, 1.165) is 30.6 Å². The highest BCUT2D eigenvalue weighted by molar-refractivity contribution is 5.63. The van der Waals surface area contributed by atoms with E-state index in [1.807, 2.05) is 18.2 Å². The summed E-state index contributed by atoms with van der Waals surface area (Å²) in [4.78, 5) is 8.78. The van der Waals surface area contributed by atoms with Gasteiger partial charge in [0.1, 0.15) is 0 Å². The summed E-state index contributed by atoms with van der Waals surface area (Å²) in [7, 11) is 2.17. The molecule has 3 heterocycles. The van der Waals surface area contributed by atoms with Crippen molar-refractivity contribution in [1.82, 2.24) is 9.88 Å². The maximum atomic E-state index is 10.7. The Morgan fingerprint density at radius 2 is 2.04 bits per heavy atom. The lowest BCUT2D eigenvalue weighted by molar-refractivity contribution is 0.171. The van der Waals surface area contributed by atoms with E-state index in [9.17, 15) is 10.2 Å². The van der Waals surface area contributed by atoms with Gasteiger partial charge in [-0.25, -0.2) is 0 Å². The van der Waals surface area contributed by atoms with Gasteiger partial charge in [-0.05, 0) is 54.9 Å². The Bertz CT molecular complexity index is 737. The molecule has 5 nitrogen and oxygen atoms in total. The number of pyridine rings is 1. The average Bonchev–Trinajstić information content (AvgIpc) is 2.95. The van der Waals surface area contributed by atoms with Crippen LogP contribution in [-0.4, -0.2) is 52.8 Å². The molecule has 0 radical (unpaired) electrons. The zero-order chi connectivity index (χ0) is 17.4. The van der Waals surface area contributed by atoms with Crippen LogP contribution in [0.5, 0.6) is 0 Å². The second-order valence-corrected chi connectivity index (χ2v) is 7.22. The van der Waals surface area contributed by atoms with E-state index in [-0.39, 0.29) is 6.61 Å². The maximum Gasteiger partial charge on any atom is 0.0966 e. The zero-order valence-electron chi connectivity index (χ0n) is 14.5. The topological polar surface area (TPSA) is 59.8 Å². The number of β-amino-alcohol motifs (C(OH)–C–C–N with tert-alkyl or cyclic N) is 1. The third-order valence-corrected chi connectivity index (χ3v) is 5.62. The SMILES string of the molecule is CN1CCC2C(C1)c1cc(CO)ccc1N2CC(O)c1ccncc1. The normalized spacial score (nSPS) is 24.0. The van der Waals surface area contributed by atoms with E-state index >= 15 is 0 Å². The number of aliphatic hydroxyl groups excluding tert-OH is 2. The van der Waals surface area contributed by atoms with E-state index in [4.69, 9.17) is 0 Å². The lowest BCUT2D eigenvalue weighted by Crippen LogP contribution is -2.46. The Morgan fingerprint density at radius 1 is 1.24 bits per heavy atom. The molecule has 0 spiro atoms. The van der Waals surface area contributed by atoms with Gasteiger partial charge in [-0.1, -0.05) is 12.1 Å². The summed E-state index contributed by atoms with van der Waals surface area (Å²) in [6, 6.07) is 10.4. The predicted molar refractivity (Wildman–Crippen MR) is 97.6 cm³/mol. The number of anilines is 1. The fourth-order valence-corrected chi connectivity index (χ4v) is 4.33. The van der Waals surface area contributed by atoms with Crippen molar-refractivity contribution >= 4 is 5.69 Å². The van der Waals surface area contributed by atoms with Crippen LogP contribution in [0.1, 0.15) is 35.1 Å². The van der Waals surface area contributed by atoms with Gasteiger partial charge in [0.15, 0.2) is 0 Å². The van der Waals surface area contributed by atoms with Crippen LogP contribution in [0.15, 0.2) is 42.7 Å². The molecule has 2 aromatic rings. The van der Waals surface area contributed by atoms with Crippen LogP contribution in [0.3, 0.4) is 0 Å². The van der Waals surface area contributed by atoms with Crippen LogP contribution in [-0.2, 0) is 6.61 Å². The highest BCUT2D eigenvalue weighted by atomic mass is 16.3. The van der Waals surface area contributed by atoms with Crippen molar-refractivity contribution in [2.24, 2.45) is 0 Å². The van der Waals surface area contributed by atoms with Gasteiger partial charge in [-0.3, -0.25) is 4.98 Å². The monoisotopic (exact) mass is 339 g/mol. The Labute approximate surface area is 148 Å². The molecule has 0 amide bonds. The van der Waals surface area contributed by atoms with Crippen molar-refractivity contribution < 1.29 is 10.2 Å². The van der Waals surface area contributed by atoms with Crippen molar-refractivity contribution in [3.05, 3.63) is 59.4 Å². The molecule has 1 saturated heterocycles. The molecule has 3 unspecified atom stereocenters. The number of aromatic nitrogens is 1. The summed E-state index contributed by atoms with van der Waals surface area (Å²) in [5, 5.41) is 20.2. The predicted octanol–water partition coefficient (Wildman–Crippen LogP) is 1.92. The Morgan fingerprint density at radius 3 is 2.80 bits per heavy atom. The third-order valence-electron chi connectivity index (χ3n) is 5.62. The fraction of sp³-hybridized carbons (Fsp3) is 0.450. The number of aliphatic hydroxyl groups is 2. The number of rotatable bonds is 4. The van der Waals surface area contributed by atoms with E-state index in [0.29, 0.717) is 18.5 Å². The number of piperidine rings is 1. The molecule has 2 aliphatic rings. The quantitative estimate of drug-likeness (QED) is 0.891. The minimum Gasteiger partial charge on any atom is -0.392 e. The van der Waals surface area contributed by atoms with E-state index in [1.54, 1.807) is 12.4 Å². The molecule has 2 aliphatic heterocycles. The van der Waals surface area contributed by atoms with E-state index in [2.05, 4.69) is 34.0 Å². The first-order chi connectivity index (χ1) is 12.2. The van der Waals surface area contributed by atoms with Gasteiger partial charge in [-0.2, -0.15) is 0 Å². The zero-order valence-corrected chi connectivity index (χ0v) is 14.5. The highest BCUT2D eigenvalue weighted by Crippen LogP contribution is 2.45. The molecule has 4 rings (SSSR count). The van der Waals surface area contributed by atoms with Gasteiger partial charge < -0.3 is 20.0 Å². The Kier molecular flexibility index (Phi) is 4.46. The number of likely N-dealkylation sites (N-methyl/N-ethyl adjacent to an activating group) is 1. The first kappa shape index (κ1) is 16.5. The molecule has 1 aromatic heterocycles. The van der Waals surface area contributed by atoms with Gasteiger partial charge in [0, 0.05) is 43.1 Å². The summed E-state index contributed by atoms with van der Waals surface area (Å²) in [6.07, 6.45) is 4.00. The van der Waals surface area contributed by atoms with Crippen molar-refractivity contribution in [2.45, 2.75) is 31.1 Å². The van der Waals surface area contributed by atoms with Crippen molar-refractivity contribution in [2.75, 3.05) is 31.6 Å². The molecular weight excluding hydrogens is 314 g/mol. The molecule has 1 aromatic carbocycles. The van der Waals surface area contributed by atoms with Gasteiger partial charge >= 0.3 is 0 Å². The second kappa shape index (κ2) is 6.75. The standard InChI is InChI=1S/C20H25N3O2/c1-22-9-6-19-17(11-22)16-10-14(13-24)2-3-18(16)23(19)12-20(25)15-4-7-21-8-5-15/h2-5,7-8,10,17,19-20,24-25H,6,9,11-13H2,1H3. The summed E-state index contributed by atoms with van der Waals surface area (Å²) >= 11 is 0. The summed E-state index contributed by atoms with van der Waals surface area (Å²) in [6.45, 7) is 2.75. The minimum atomic E-state index is -0.535.